The van der Waals surface area contributed by atoms with E-state index in [1.165, 1.54) is 5.39 Å². The average Bonchev–Trinajstić information content (AvgIpc) is 3.17. The fourth-order valence-corrected chi connectivity index (χ4v) is 2.54. The topological polar surface area (TPSA) is 44.5 Å². The number of pyridine rings is 1. The van der Waals surface area contributed by atoms with Crippen molar-refractivity contribution in [2.75, 3.05) is 0 Å². The molecule has 0 fully saturated rings. The van der Waals surface area contributed by atoms with E-state index in [0.717, 1.165) is 28.0 Å². The zero-order valence-electron chi connectivity index (χ0n) is 10.8. The van der Waals surface area contributed by atoms with Crippen LogP contribution in [0.5, 0.6) is 0 Å². The van der Waals surface area contributed by atoms with Crippen molar-refractivity contribution in [1.29, 1.82) is 0 Å². The second-order valence-electron chi connectivity index (χ2n) is 4.76. The Morgan fingerprint density at radius 1 is 0.900 bits per heavy atom. The van der Waals surface area contributed by atoms with E-state index in [4.69, 9.17) is 0 Å². The molecule has 2 N–H and O–H groups in total. The summed E-state index contributed by atoms with van der Waals surface area (Å²) in [6.45, 7) is 0. The van der Waals surface area contributed by atoms with Gasteiger partial charge in [-0.25, -0.2) is 0 Å². The summed E-state index contributed by atoms with van der Waals surface area (Å²) < 4.78 is 0. The Morgan fingerprint density at radius 2 is 1.85 bits per heavy atom. The van der Waals surface area contributed by atoms with Gasteiger partial charge in [0.25, 0.3) is 0 Å². The zero-order valence-corrected chi connectivity index (χ0v) is 10.8. The number of H-pyrrole nitrogens is 2. The normalized spacial score (nSPS) is 11.0. The van der Waals surface area contributed by atoms with Gasteiger partial charge in [-0.05, 0) is 30.3 Å². The van der Waals surface area contributed by atoms with E-state index < -0.39 is 0 Å². The number of para-hydroxylation sites is 1. The minimum absolute atomic E-state index is 0.981. The molecule has 0 saturated carbocycles. The van der Waals surface area contributed by atoms with Gasteiger partial charge in [0.2, 0.25) is 0 Å². The first-order valence-electron chi connectivity index (χ1n) is 6.58. The fraction of sp³-hybridized carbons (Fsp3) is 0. The molecule has 20 heavy (non-hydrogen) atoms. The van der Waals surface area contributed by atoms with Crippen molar-refractivity contribution in [3.63, 3.8) is 0 Å². The van der Waals surface area contributed by atoms with Crippen molar-refractivity contribution in [3.8, 4) is 22.5 Å². The summed E-state index contributed by atoms with van der Waals surface area (Å²) in [5, 5.41) is 1.20. The van der Waals surface area contributed by atoms with Crippen molar-refractivity contribution in [3.05, 3.63) is 67.1 Å². The van der Waals surface area contributed by atoms with Crippen molar-refractivity contribution < 1.29 is 0 Å². The number of rotatable bonds is 2. The van der Waals surface area contributed by atoms with E-state index >= 15 is 0 Å². The minimum Gasteiger partial charge on any atom is -0.361 e. The lowest BCUT2D eigenvalue weighted by atomic mass is 10.1. The molecule has 0 radical (unpaired) electrons. The molecule has 0 aliphatic heterocycles. The van der Waals surface area contributed by atoms with Crippen LogP contribution in [0.25, 0.3) is 33.4 Å². The summed E-state index contributed by atoms with van der Waals surface area (Å²) in [7, 11) is 0. The third-order valence-electron chi connectivity index (χ3n) is 3.53. The first-order chi connectivity index (χ1) is 9.92. The molecule has 4 rings (SSSR count). The van der Waals surface area contributed by atoms with Gasteiger partial charge < -0.3 is 9.97 Å². The average molecular weight is 259 g/mol. The van der Waals surface area contributed by atoms with Gasteiger partial charge in [-0.15, -0.1) is 0 Å². The molecule has 0 spiro atoms. The SMILES string of the molecule is c1c[nH]c(-c2ccnc(-c3c[nH]c4ccccc34)c2)c1. The molecule has 3 aromatic heterocycles. The standard InChI is InChI=1S/C17H13N3/c1-2-5-16-13(4-1)14(11-20-16)17-10-12(7-9-19-17)15-6-3-8-18-15/h1-11,18,20H. The largest absolute Gasteiger partial charge is 0.361 e. The van der Waals surface area contributed by atoms with E-state index in [-0.39, 0.29) is 0 Å². The molecule has 0 saturated heterocycles. The second-order valence-corrected chi connectivity index (χ2v) is 4.76. The Kier molecular flexibility index (Phi) is 2.42. The van der Waals surface area contributed by atoms with Gasteiger partial charge in [0.15, 0.2) is 0 Å². The summed E-state index contributed by atoms with van der Waals surface area (Å²) in [6.07, 6.45) is 5.81. The lowest BCUT2D eigenvalue weighted by molar-refractivity contribution is 1.31. The van der Waals surface area contributed by atoms with Gasteiger partial charge in [-0.3, -0.25) is 4.98 Å². The van der Waals surface area contributed by atoms with Crippen molar-refractivity contribution in [2.45, 2.75) is 0 Å². The van der Waals surface area contributed by atoms with Crippen LogP contribution in [0, 0.1) is 0 Å². The molecule has 3 heteroatoms. The Hall–Kier alpha value is -2.81. The van der Waals surface area contributed by atoms with Gasteiger partial charge in [-0.1, -0.05) is 18.2 Å². The summed E-state index contributed by atoms with van der Waals surface area (Å²) in [4.78, 5) is 11.0. The molecule has 3 nitrogen and oxygen atoms in total. The molecule has 0 unspecified atom stereocenters. The molecule has 0 bridgehead atoms. The lowest BCUT2D eigenvalue weighted by Gasteiger charge is -2.02. The van der Waals surface area contributed by atoms with Crippen LogP contribution in [0.2, 0.25) is 0 Å². The maximum absolute atomic E-state index is 4.51. The van der Waals surface area contributed by atoms with Crippen LogP contribution in [-0.4, -0.2) is 15.0 Å². The van der Waals surface area contributed by atoms with Crippen LogP contribution in [-0.2, 0) is 0 Å². The third-order valence-corrected chi connectivity index (χ3v) is 3.53. The molecule has 4 aromatic rings. The predicted octanol–water partition coefficient (Wildman–Crippen LogP) is 4.23. The van der Waals surface area contributed by atoms with Crippen LogP contribution < -0.4 is 0 Å². The number of benzene rings is 1. The Morgan fingerprint density at radius 3 is 2.75 bits per heavy atom. The molecular weight excluding hydrogens is 246 g/mol. The highest BCUT2D eigenvalue weighted by Crippen LogP contribution is 2.29. The molecule has 1 aromatic carbocycles. The van der Waals surface area contributed by atoms with Gasteiger partial charge in [-0.2, -0.15) is 0 Å². The minimum atomic E-state index is 0.981. The van der Waals surface area contributed by atoms with E-state index in [1.807, 2.05) is 36.8 Å². The first-order valence-corrected chi connectivity index (χ1v) is 6.58. The Labute approximate surface area is 116 Å². The van der Waals surface area contributed by atoms with E-state index in [1.54, 1.807) is 0 Å². The van der Waals surface area contributed by atoms with Crippen LogP contribution in [0.1, 0.15) is 0 Å². The lowest BCUT2D eigenvalue weighted by Crippen LogP contribution is -1.84. The van der Waals surface area contributed by atoms with Crippen molar-refractivity contribution >= 4 is 10.9 Å². The zero-order chi connectivity index (χ0) is 13.4. The predicted molar refractivity (Wildman–Crippen MR) is 81.3 cm³/mol. The fourth-order valence-electron chi connectivity index (χ4n) is 2.54. The van der Waals surface area contributed by atoms with Crippen molar-refractivity contribution in [2.24, 2.45) is 0 Å². The number of nitrogens with one attached hydrogen (secondary N) is 2. The molecule has 0 amide bonds. The highest BCUT2D eigenvalue weighted by molar-refractivity contribution is 5.95. The molecule has 0 aliphatic rings. The maximum atomic E-state index is 4.51. The Balaban J connectivity index is 1.88. The monoisotopic (exact) mass is 259 g/mol. The number of nitrogens with zero attached hydrogens (tertiary/aromatic N) is 1. The second kappa shape index (κ2) is 4.38. The molecule has 3 heterocycles. The number of aromatic amines is 2. The summed E-state index contributed by atoms with van der Waals surface area (Å²) >= 11 is 0. The maximum Gasteiger partial charge on any atom is 0.0730 e. The molecule has 0 aliphatic carbocycles. The van der Waals surface area contributed by atoms with Crippen LogP contribution in [0.4, 0.5) is 0 Å². The molecule has 0 atom stereocenters. The van der Waals surface area contributed by atoms with E-state index in [2.05, 4.69) is 45.3 Å². The van der Waals surface area contributed by atoms with Crippen molar-refractivity contribution in [1.82, 2.24) is 15.0 Å². The summed E-state index contributed by atoms with van der Waals surface area (Å²) in [6, 6.07) is 16.5. The quantitative estimate of drug-likeness (QED) is 0.556. The first kappa shape index (κ1) is 11.1. The summed E-state index contributed by atoms with van der Waals surface area (Å²) in [5.41, 5.74) is 5.50. The Bertz CT molecular complexity index is 857. The van der Waals surface area contributed by atoms with Crippen LogP contribution >= 0.6 is 0 Å². The summed E-state index contributed by atoms with van der Waals surface area (Å²) in [5.74, 6) is 0. The van der Waals surface area contributed by atoms with Crippen LogP contribution in [0.15, 0.2) is 67.1 Å². The van der Waals surface area contributed by atoms with Gasteiger partial charge in [0, 0.05) is 46.3 Å². The highest BCUT2D eigenvalue weighted by Gasteiger charge is 2.08. The molecule has 96 valence electrons. The third kappa shape index (κ3) is 1.72. The van der Waals surface area contributed by atoms with Gasteiger partial charge >= 0.3 is 0 Å². The van der Waals surface area contributed by atoms with E-state index in [9.17, 15) is 0 Å². The number of aromatic nitrogens is 3. The molecular formula is C17H13N3. The van der Waals surface area contributed by atoms with Crippen LogP contribution in [0.3, 0.4) is 0 Å². The number of hydrogen-bond acceptors (Lipinski definition) is 1. The van der Waals surface area contributed by atoms with Gasteiger partial charge in [0.1, 0.15) is 0 Å². The number of hydrogen-bond donors (Lipinski definition) is 2. The van der Waals surface area contributed by atoms with E-state index in [0.29, 0.717) is 0 Å². The number of fused-ring (bicyclic) bond motifs is 1. The smallest absolute Gasteiger partial charge is 0.0730 e. The van der Waals surface area contributed by atoms with Gasteiger partial charge in [0.05, 0.1) is 5.69 Å². The highest BCUT2D eigenvalue weighted by atomic mass is 14.7.